The summed E-state index contributed by atoms with van der Waals surface area (Å²) in [5.41, 5.74) is 1.58. The van der Waals surface area contributed by atoms with Crippen molar-refractivity contribution in [3.8, 4) is 5.75 Å². The van der Waals surface area contributed by atoms with Gasteiger partial charge in [-0.25, -0.2) is 0 Å². The largest absolute Gasteiger partial charge is 0.492 e. The molecule has 0 heterocycles. The van der Waals surface area contributed by atoms with Crippen molar-refractivity contribution in [1.82, 2.24) is 5.32 Å². The number of para-hydroxylation sites is 1. The minimum atomic E-state index is -0.102. The maximum atomic E-state index is 13.0. The van der Waals surface area contributed by atoms with Crippen LogP contribution in [-0.2, 0) is 10.2 Å². The third kappa shape index (κ3) is 2.29. The molecule has 0 aromatic heterocycles. The van der Waals surface area contributed by atoms with Crippen LogP contribution in [0.5, 0.6) is 5.75 Å². The van der Waals surface area contributed by atoms with E-state index < -0.39 is 0 Å². The number of carbonyl (C=O) groups excluding carboxylic acids is 1. The van der Waals surface area contributed by atoms with E-state index in [2.05, 4.69) is 35.6 Å². The predicted molar refractivity (Wildman–Crippen MR) is 114 cm³/mol. The van der Waals surface area contributed by atoms with E-state index in [0.29, 0.717) is 48.7 Å². The summed E-state index contributed by atoms with van der Waals surface area (Å²) >= 11 is 0. The molecule has 2 bridgehead atoms. The van der Waals surface area contributed by atoms with Crippen LogP contribution < -0.4 is 10.1 Å². The summed E-state index contributed by atoms with van der Waals surface area (Å²) in [6.07, 6.45) is 3.78. The highest BCUT2D eigenvalue weighted by atomic mass is 16.5. The second-order valence-corrected chi connectivity index (χ2v) is 9.84. The fourth-order valence-corrected chi connectivity index (χ4v) is 8.06. The van der Waals surface area contributed by atoms with Crippen LogP contribution in [0.1, 0.15) is 31.2 Å². The smallest absolute Gasteiger partial charge is 0.221 e. The van der Waals surface area contributed by atoms with Gasteiger partial charge in [0.1, 0.15) is 12.4 Å². The minimum absolute atomic E-state index is 0.0585. The van der Waals surface area contributed by atoms with Gasteiger partial charge in [0.05, 0.1) is 12.6 Å². The van der Waals surface area contributed by atoms with Crippen LogP contribution in [-0.4, -0.2) is 30.3 Å². The van der Waals surface area contributed by atoms with E-state index in [1.165, 1.54) is 12.0 Å². The van der Waals surface area contributed by atoms with Crippen LogP contribution in [0.4, 0.5) is 0 Å². The van der Waals surface area contributed by atoms with Gasteiger partial charge in [0.15, 0.2) is 0 Å². The number of aliphatic hydroxyl groups excluding tert-OH is 1. The van der Waals surface area contributed by atoms with Gasteiger partial charge in [-0.3, -0.25) is 4.79 Å². The fraction of sp³-hybridized carbons (Fsp3) is 0.500. The maximum absolute atomic E-state index is 13.0. The monoisotopic (exact) mass is 403 g/mol. The Morgan fingerprint density at radius 1 is 1.03 bits per heavy atom. The fourth-order valence-electron chi connectivity index (χ4n) is 8.06. The Balaban J connectivity index is 1.16. The number of nitrogens with one attached hydrogen (secondary N) is 1. The number of ether oxygens (including phenoxy) is 1. The normalized spacial score (nSPS) is 39.6. The molecule has 156 valence electrons. The molecule has 4 heteroatoms. The van der Waals surface area contributed by atoms with Crippen molar-refractivity contribution in [1.29, 1.82) is 0 Å². The number of rotatable bonds is 7. The van der Waals surface area contributed by atoms with Gasteiger partial charge in [-0.2, -0.15) is 0 Å². The second-order valence-electron chi connectivity index (χ2n) is 9.84. The molecule has 7 unspecified atom stereocenters. The molecule has 2 aromatic carbocycles. The molecule has 7 atom stereocenters. The van der Waals surface area contributed by atoms with Crippen molar-refractivity contribution in [3.05, 3.63) is 66.2 Å². The first-order chi connectivity index (χ1) is 14.7. The Morgan fingerprint density at radius 3 is 2.47 bits per heavy atom. The van der Waals surface area contributed by atoms with Gasteiger partial charge >= 0.3 is 0 Å². The Labute approximate surface area is 177 Å². The summed E-state index contributed by atoms with van der Waals surface area (Å²) in [4.78, 5) is 13.0. The van der Waals surface area contributed by atoms with Crippen molar-refractivity contribution >= 4 is 5.91 Å². The highest BCUT2D eigenvalue weighted by Gasteiger charge is 2.85. The summed E-state index contributed by atoms with van der Waals surface area (Å²) in [5.74, 6) is 2.95. The zero-order valence-corrected chi connectivity index (χ0v) is 17.2. The molecule has 2 N–H and O–H groups in total. The number of hydrogen-bond acceptors (Lipinski definition) is 3. The summed E-state index contributed by atoms with van der Waals surface area (Å²) in [7, 11) is 0. The predicted octanol–water partition coefficient (Wildman–Crippen LogP) is 3.55. The third-order valence-electron chi connectivity index (χ3n) is 8.97. The van der Waals surface area contributed by atoms with E-state index in [4.69, 9.17) is 4.74 Å². The van der Waals surface area contributed by atoms with Gasteiger partial charge in [0.2, 0.25) is 5.91 Å². The number of benzene rings is 2. The van der Waals surface area contributed by atoms with Crippen LogP contribution >= 0.6 is 0 Å². The molecule has 4 aliphatic carbocycles. The third-order valence-corrected chi connectivity index (χ3v) is 8.97. The van der Waals surface area contributed by atoms with Gasteiger partial charge < -0.3 is 15.2 Å². The van der Waals surface area contributed by atoms with Crippen LogP contribution in [0.3, 0.4) is 0 Å². The summed E-state index contributed by atoms with van der Waals surface area (Å²) in [6, 6.07) is 20.4. The van der Waals surface area contributed by atoms with Crippen molar-refractivity contribution < 1.29 is 14.6 Å². The molecule has 1 amide bonds. The van der Waals surface area contributed by atoms with Crippen LogP contribution in [0.2, 0.25) is 0 Å². The molecule has 1 spiro atoms. The lowest BCUT2D eigenvalue weighted by Crippen LogP contribution is -2.76. The quantitative estimate of drug-likeness (QED) is 0.695. The summed E-state index contributed by atoms with van der Waals surface area (Å²) < 4.78 is 5.72. The number of hydrogen-bond donors (Lipinski definition) is 2. The van der Waals surface area contributed by atoms with Crippen molar-refractivity contribution in [2.45, 2.75) is 37.2 Å². The van der Waals surface area contributed by atoms with E-state index in [1.54, 1.807) is 0 Å². The molecule has 0 saturated heterocycles. The lowest BCUT2D eigenvalue weighted by atomic mass is 9.26. The van der Waals surface area contributed by atoms with Crippen LogP contribution in [0.15, 0.2) is 60.7 Å². The van der Waals surface area contributed by atoms with E-state index in [9.17, 15) is 9.90 Å². The lowest BCUT2D eigenvalue weighted by molar-refractivity contribution is -0.270. The van der Waals surface area contributed by atoms with Crippen molar-refractivity contribution in [2.24, 2.45) is 29.1 Å². The molecular weight excluding hydrogens is 374 g/mol. The summed E-state index contributed by atoms with van der Waals surface area (Å²) in [6.45, 7) is 0.990. The van der Waals surface area contributed by atoms with E-state index in [-0.39, 0.29) is 17.4 Å². The molecular formula is C26H29NO3. The molecule has 6 rings (SSSR count). The first-order valence-electron chi connectivity index (χ1n) is 11.3. The summed E-state index contributed by atoms with van der Waals surface area (Å²) in [5, 5.41) is 13.7. The van der Waals surface area contributed by atoms with E-state index in [0.717, 1.165) is 18.6 Å². The van der Waals surface area contributed by atoms with Crippen molar-refractivity contribution in [3.63, 3.8) is 0 Å². The number of carbonyl (C=O) groups is 1. The average molecular weight is 404 g/mol. The second kappa shape index (κ2) is 6.58. The number of aliphatic hydroxyl groups is 1. The maximum Gasteiger partial charge on any atom is 0.221 e. The molecule has 4 nitrogen and oxygen atoms in total. The molecule has 4 aliphatic rings. The zero-order chi connectivity index (χ0) is 20.3. The van der Waals surface area contributed by atoms with Gasteiger partial charge in [0, 0.05) is 11.8 Å². The Hall–Kier alpha value is -2.33. The minimum Gasteiger partial charge on any atom is -0.492 e. The van der Waals surface area contributed by atoms with Gasteiger partial charge in [-0.15, -0.1) is 0 Å². The molecule has 0 aliphatic heterocycles. The molecule has 0 radical (unpaired) electrons. The van der Waals surface area contributed by atoms with E-state index >= 15 is 0 Å². The van der Waals surface area contributed by atoms with Gasteiger partial charge in [-0.05, 0) is 66.0 Å². The van der Waals surface area contributed by atoms with Crippen molar-refractivity contribution in [2.75, 3.05) is 13.2 Å². The molecule has 2 aromatic rings. The SMILES string of the molecule is O=C(CC1(c2ccccc2)C2CC3CC24C(CC14)C3O)NCCOc1ccccc1. The first kappa shape index (κ1) is 18.4. The number of fused-ring (bicyclic) bond motifs is 1. The van der Waals surface area contributed by atoms with E-state index in [1.807, 2.05) is 30.3 Å². The van der Waals surface area contributed by atoms with Crippen LogP contribution in [0, 0.1) is 29.1 Å². The first-order valence-corrected chi connectivity index (χ1v) is 11.3. The Kier molecular flexibility index (Phi) is 4.05. The Bertz CT molecular complexity index is 947. The van der Waals surface area contributed by atoms with Gasteiger partial charge in [0.25, 0.3) is 0 Å². The average Bonchev–Trinajstić information content (AvgIpc) is 3.27. The highest BCUT2D eigenvalue weighted by Crippen LogP contribution is 2.87. The van der Waals surface area contributed by atoms with Crippen LogP contribution in [0.25, 0.3) is 0 Å². The Morgan fingerprint density at radius 2 is 1.73 bits per heavy atom. The number of amides is 1. The molecule has 4 saturated carbocycles. The molecule has 30 heavy (non-hydrogen) atoms. The topological polar surface area (TPSA) is 58.6 Å². The standard InChI is InChI=1S/C26H29NO3/c28-23(27-11-12-30-19-9-5-2-6-10-19)16-25(18-7-3-1-4-8-18)21-13-17-15-26(21)20(24(17)29)14-22(25)26/h1-10,17,20-22,24,29H,11-16H2,(H,27,28). The highest BCUT2D eigenvalue weighted by molar-refractivity contribution is 5.78. The zero-order valence-electron chi connectivity index (χ0n) is 17.2. The lowest BCUT2D eigenvalue weighted by Gasteiger charge is -2.77. The molecule has 4 fully saturated rings. The van der Waals surface area contributed by atoms with Gasteiger partial charge in [-0.1, -0.05) is 48.5 Å².